The fourth-order valence-corrected chi connectivity index (χ4v) is 2.48. The molecule has 1 N–H and O–H groups in total. The smallest absolute Gasteiger partial charge is 0.203 e. The minimum Gasteiger partial charge on any atom is -0.493 e. The maximum Gasteiger partial charge on any atom is 0.203 e. The Balaban J connectivity index is 0.00000288. The number of methoxy groups -OCH3 is 3. The third kappa shape index (κ3) is 5.48. The molecule has 2 rings (SSSR count). The lowest BCUT2D eigenvalue weighted by Gasteiger charge is -2.14. The average Bonchev–Trinajstić information content (AvgIpc) is 2.59. The van der Waals surface area contributed by atoms with E-state index in [0.29, 0.717) is 17.2 Å². The molecule has 0 aliphatic rings. The molecule has 0 unspecified atom stereocenters. The Morgan fingerprint density at radius 3 is 1.96 bits per heavy atom. The summed E-state index contributed by atoms with van der Waals surface area (Å²) in [5, 5.41) is 4.18. The Hall–Kier alpha value is -1.62. The summed E-state index contributed by atoms with van der Waals surface area (Å²) < 4.78 is 16.0. The summed E-state index contributed by atoms with van der Waals surface area (Å²) in [6.07, 6.45) is 0.946. The first-order valence-corrected chi connectivity index (χ1v) is 7.79. The molecule has 0 fully saturated rings. The van der Waals surface area contributed by atoms with Crippen molar-refractivity contribution in [3.8, 4) is 17.2 Å². The molecule has 0 amide bonds. The van der Waals surface area contributed by atoms with Gasteiger partial charge in [0.25, 0.3) is 0 Å². The maximum absolute atomic E-state index is 5.89. The van der Waals surface area contributed by atoms with E-state index in [4.69, 9.17) is 25.8 Å². The number of rotatable bonds is 8. The van der Waals surface area contributed by atoms with Crippen molar-refractivity contribution >= 4 is 24.0 Å². The Morgan fingerprint density at radius 2 is 1.46 bits per heavy atom. The SMILES string of the molecule is COc1cc(CNCCc2ccc(Cl)cc2)cc(OC)c1OC.Cl. The Bertz CT molecular complexity index is 608. The standard InChI is InChI=1S/C18H22ClNO3.ClH/c1-21-16-10-14(11-17(22-2)18(16)23-3)12-20-9-8-13-4-6-15(19)7-5-13;/h4-7,10-11,20H,8-9,12H2,1-3H3;1H. The maximum atomic E-state index is 5.89. The largest absolute Gasteiger partial charge is 0.493 e. The minimum atomic E-state index is 0. The predicted molar refractivity (Wildman–Crippen MR) is 100 cm³/mol. The first-order chi connectivity index (χ1) is 11.2. The van der Waals surface area contributed by atoms with E-state index in [-0.39, 0.29) is 12.4 Å². The predicted octanol–water partition coefficient (Wildman–Crippen LogP) is 4.12. The number of ether oxygens (including phenoxy) is 3. The highest BCUT2D eigenvalue weighted by molar-refractivity contribution is 6.30. The zero-order valence-electron chi connectivity index (χ0n) is 14.1. The van der Waals surface area contributed by atoms with Gasteiger partial charge in [0.1, 0.15) is 0 Å². The Morgan fingerprint density at radius 1 is 0.875 bits per heavy atom. The lowest BCUT2D eigenvalue weighted by molar-refractivity contribution is 0.323. The fraction of sp³-hybridized carbons (Fsp3) is 0.333. The molecular formula is C18H23Cl2NO3. The number of hydrogen-bond acceptors (Lipinski definition) is 4. The topological polar surface area (TPSA) is 39.7 Å². The molecule has 0 spiro atoms. The molecule has 4 nitrogen and oxygen atoms in total. The van der Waals surface area contributed by atoms with Crippen LogP contribution in [0.4, 0.5) is 0 Å². The zero-order valence-corrected chi connectivity index (χ0v) is 15.7. The van der Waals surface area contributed by atoms with Gasteiger partial charge in [-0.15, -0.1) is 12.4 Å². The van der Waals surface area contributed by atoms with E-state index in [1.165, 1.54) is 5.56 Å². The van der Waals surface area contributed by atoms with E-state index in [1.54, 1.807) is 21.3 Å². The summed E-state index contributed by atoms with van der Waals surface area (Å²) in [5.41, 5.74) is 2.34. The van der Waals surface area contributed by atoms with E-state index in [0.717, 1.165) is 30.1 Å². The first kappa shape index (κ1) is 20.4. The van der Waals surface area contributed by atoms with Gasteiger partial charge in [-0.05, 0) is 48.4 Å². The summed E-state index contributed by atoms with van der Waals surface area (Å²) in [5.74, 6) is 1.95. The molecule has 0 saturated carbocycles. The molecule has 0 atom stereocenters. The van der Waals surface area contributed by atoms with Gasteiger partial charge in [-0.3, -0.25) is 0 Å². The molecule has 2 aromatic rings. The first-order valence-electron chi connectivity index (χ1n) is 7.42. The quantitative estimate of drug-likeness (QED) is 0.708. The minimum absolute atomic E-state index is 0. The summed E-state index contributed by atoms with van der Waals surface area (Å²) in [6.45, 7) is 1.60. The van der Waals surface area contributed by atoms with Crippen molar-refractivity contribution in [1.29, 1.82) is 0 Å². The van der Waals surface area contributed by atoms with Crippen LogP contribution in [0.2, 0.25) is 5.02 Å². The van der Waals surface area contributed by atoms with Crippen molar-refractivity contribution in [1.82, 2.24) is 5.32 Å². The average molecular weight is 372 g/mol. The molecule has 0 heterocycles. The van der Waals surface area contributed by atoms with Crippen molar-refractivity contribution in [2.24, 2.45) is 0 Å². The number of halogens is 2. The van der Waals surface area contributed by atoms with E-state index >= 15 is 0 Å². The van der Waals surface area contributed by atoms with Crippen molar-refractivity contribution in [3.05, 3.63) is 52.5 Å². The Labute approximate surface area is 154 Å². The molecule has 0 saturated heterocycles. The fourth-order valence-electron chi connectivity index (χ4n) is 2.35. The van der Waals surface area contributed by atoms with Gasteiger partial charge in [-0.2, -0.15) is 0 Å². The molecule has 6 heteroatoms. The van der Waals surface area contributed by atoms with Crippen LogP contribution in [0.15, 0.2) is 36.4 Å². The van der Waals surface area contributed by atoms with Gasteiger partial charge in [0.2, 0.25) is 5.75 Å². The van der Waals surface area contributed by atoms with Crippen molar-refractivity contribution in [2.75, 3.05) is 27.9 Å². The molecule has 0 radical (unpaired) electrons. The molecular weight excluding hydrogens is 349 g/mol. The second kappa shape index (κ2) is 10.3. The summed E-state index contributed by atoms with van der Waals surface area (Å²) in [7, 11) is 4.84. The summed E-state index contributed by atoms with van der Waals surface area (Å²) in [6, 6.07) is 11.8. The van der Waals surface area contributed by atoms with Crippen molar-refractivity contribution < 1.29 is 14.2 Å². The normalized spacial score (nSPS) is 10.0. The Kier molecular flexibility index (Phi) is 8.76. The van der Waals surface area contributed by atoms with Crippen LogP contribution in [0.1, 0.15) is 11.1 Å². The molecule has 132 valence electrons. The van der Waals surface area contributed by atoms with Crippen LogP contribution >= 0.6 is 24.0 Å². The second-order valence-electron chi connectivity index (χ2n) is 5.09. The highest BCUT2D eigenvalue weighted by Crippen LogP contribution is 2.38. The highest BCUT2D eigenvalue weighted by Gasteiger charge is 2.12. The molecule has 0 aliphatic heterocycles. The van der Waals surface area contributed by atoms with Crippen LogP contribution in [0.3, 0.4) is 0 Å². The summed E-state index contributed by atoms with van der Waals surface area (Å²) >= 11 is 5.89. The number of hydrogen-bond donors (Lipinski definition) is 1. The number of nitrogens with one attached hydrogen (secondary N) is 1. The van der Waals surface area contributed by atoms with Crippen LogP contribution in [-0.2, 0) is 13.0 Å². The summed E-state index contributed by atoms with van der Waals surface area (Å²) in [4.78, 5) is 0. The molecule has 0 aromatic heterocycles. The second-order valence-corrected chi connectivity index (χ2v) is 5.52. The van der Waals surface area contributed by atoms with Gasteiger partial charge in [0.15, 0.2) is 11.5 Å². The van der Waals surface area contributed by atoms with E-state index in [9.17, 15) is 0 Å². The lowest BCUT2D eigenvalue weighted by Crippen LogP contribution is -2.16. The van der Waals surface area contributed by atoms with E-state index in [2.05, 4.69) is 5.32 Å². The van der Waals surface area contributed by atoms with Gasteiger partial charge < -0.3 is 19.5 Å². The van der Waals surface area contributed by atoms with Crippen LogP contribution in [0.5, 0.6) is 17.2 Å². The van der Waals surface area contributed by atoms with E-state index in [1.807, 2.05) is 36.4 Å². The lowest BCUT2D eigenvalue weighted by atomic mass is 10.1. The van der Waals surface area contributed by atoms with E-state index < -0.39 is 0 Å². The third-order valence-corrected chi connectivity index (χ3v) is 3.81. The third-order valence-electron chi connectivity index (χ3n) is 3.56. The molecule has 2 aromatic carbocycles. The van der Waals surface area contributed by atoms with Gasteiger partial charge >= 0.3 is 0 Å². The van der Waals surface area contributed by atoms with Crippen LogP contribution < -0.4 is 19.5 Å². The van der Waals surface area contributed by atoms with Crippen molar-refractivity contribution in [3.63, 3.8) is 0 Å². The van der Waals surface area contributed by atoms with Crippen molar-refractivity contribution in [2.45, 2.75) is 13.0 Å². The van der Waals surface area contributed by atoms with Gasteiger partial charge in [0.05, 0.1) is 21.3 Å². The number of benzene rings is 2. The molecule has 0 bridgehead atoms. The van der Waals surface area contributed by atoms with Gasteiger partial charge in [-0.1, -0.05) is 23.7 Å². The molecule has 24 heavy (non-hydrogen) atoms. The van der Waals surface area contributed by atoms with Crippen LogP contribution in [0.25, 0.3) is 0 Å². The van der Waals surface area contributed by atoms with Gasteiger partial charge in [0, 0.05) is 11.6 Å². The monoisotopic (exact) mass is 371 g/mol. The van der Waals surface area contributed by atoms with Crippen LogP contribution in [-0.4, -0.2) is 27.9 Å². The zero-order chi connectivity index (χ0) is 16.7. The highest BCUT2D eigenvalue weighted by atomic mass is 35.5. The molecule has 0 aliphatic carbocycles. The van der Waals surface area contributed by atoms with Gasteiger partial charge in [-0.25, -0.2) is 0 Å². The van der Waals surface area contributed by atoms with Crippen LogP contribution in [0, 0.1) is 0 Å².